The molecule has 1 aliphatic rings. The van der Waals surface area contributed by atoms with Gasteiger partial charge in [0.2, 0.25) is 6.29 Å². The number of hydrogen-bond acceptors (Lipinski definition) is 5. The highest BCUT2D eigenvalue weighted by molar-refractivity contribution is 5.71. The summed E-state index contributed by atoms with van der Waals surface area (Å²) in [5.74, 6) is -0.476. The Morgan fingerprint density at radius 1 is 1.80 bits per heavy atom. The van der Waals surface area contributed by atoms with E-state index in [9.17, 15) is 4.79 Å². The first-order chi connectivity index (χ1) is 4.83. The number of rotatable bonds is 2. The first-order valence-electron chi connectivity index (χ1n) is 2.92. The third kappa shape index (κ3) is 1.94. The molecule has 1 atom stereocenters. The van der Waals surface area contributed by atoms with E-state index in [-0.39, 0.29) is 13.3 Å². The molecule has 58 valence electrons. The van der Waals surface area contributed by atoms with Crippen molar-refractivity contribution in [1.82, 2.24) is 0 Å². The topological polar surface area (TPSA) is 70.8 Å². The lowest BCUT2D eigenvalue weighted by Crippen LogP contribution is -2.25. The molecule has 2 N–H and O–H groups in total. The average molecular weight is 147 g/mol. The zero-order valence-electron chi connectivity index (χ0n) is 5.41. The highest BCUT2D eigenvalue weighted by Gasteiger charge is 2.19. The summed E-state index contributed by atoms with van der Waals surface area (Å²) < 4.78 is 14.2. The highest BCUT2D eigenvalue weighted by atomic mass is 16.8. The Hall–Kier alpha value is -0.650. The van der Waals surface area contributed by atoms with Crippen molar-refractivity contribution in [1.29, 1.82) is 0 Å². The molecule has 0 aromatic heterocycles. The fourth-order valence-electron chi connectivity index (χ4n) is 0.579. The summed E-state index contributed by atoms with van der Waals surface area (Å²) in [6.45, 7) is 0.355. The van der Waals surface area contributed by atoms with Crippen molar-refractivity contribution in [2.45, 2.75) is 6.29 Å². The summed E-state index contributed by atoms with van der Waals surface area (Å²) >= 11 is 0. The van der Waals surface area contributed by atoms with E-state index in [0.29, 0.717) is 6.61 Å². The molecule has 10 heavy (non-hydrogen) atoms. The molecule has 0 bridgehead atoms. The quantitative estimate of drug-likeness (QED) is 0.498. The molecule has 0 spiro atoms. The van der Waals surface area contributed by atoms with E-state index in [2.05, 4.69) is 4.74 Å². The second-order valence-electron chi connectivity index (χ2n) is 1.78. The zero-order chi connectivity index (χ0) is 7.40. The van der Waals surface area contributed by atoms with Gasteiger partial charge in [-0.1, -0.05) is 0 Å². The number of carbonyl (C=O) groups is 1. The van der Waals surface area contributed by atoms with Gasteiger partial charge in [0.25, 0.3) is 0 Å². The first-order valence-corrected chi connectivity index (χ1v) is 2.92. The summed E-state index contributed by atoms with van der Waals surface area (Å²) in [5, 5.41) is 0. The molecular weight excluding hydrogens is 138 g/mol. The van der Waals surface area contributed by atoms with Crippen molar-refractivity contribution in [2.24, 2.45) is 5.73 Å². The van der Waals surface area contributed by atoms with Crippen LogP contribution in [0.1, 0.15) is 0 Å². The molecule has 1 heterocycles. The van der Waals surface area contributed by atoms with E-state index in [1.54, 1.807) is 0 Å². The second-order valence-corrected chi connectivity index (χ2v) is 1.78. The van der Waals surface area contributed by atoms with Crippen LogP contribution in [0.15, 0.2) is 0 Å². The maximum absolute atomic E-state index is 10.5. The molecule has 0 aromatic carbocycles. The zero-order valence-corrected chi connectivity index (χ0v) is 5.41. The molecule has 1 saturated heterocycles. The predicted octanol–water partition coefficient (Wildman–Crippen LogP) is -1.18. The smallest absolute Gasteiger partial charge is 0.322 e. The molecule has 0 saturated carbocycles. The number of carbonyl (C=O) groups excluding carboxylic acids is 1. The summed E-state index contributed by atoms with van der Waals surface area (Å²) in [6, 6.07) is 0. The Labute approximate surface area is 58.0 Å². The first kappa shape index (κ1) is 7.46. The maximum atomic E-state index is 10.5. The summed E-state index contributed by atoms with van der Waals surface area (Å²) in [4.78, 5) is 10.5. The number of esters is 1. The average Bonchev–Trinajstić information content (AvgIpc) is 2.40. The summed E-state index contributed by atoms with van der Waals surface area (Å²) in [5.41, 5.74) is 4.98. The third-order valence-electron chi connectivity index (χ3n) is 1.02. The van der Waals surface area contributed by atoms with E-state index in [0.717, 1.165) is 0 Å². The van der Waals surface area contributed by atoms with Crippen LogP contribution in [0.5, 0.6) is 0 Å². The minimum Gasteiger partial charge on any atom is -0.432 e. The van der Waals surface area contributed by atoms with Gasteiger partial charge in [-0.3, -0.25) is 4.79 Å². The molecular formula is C5H9NO4. The van der Waals surface area contributed by atoms with Gasteiger partial charge >= 0.3 is 5.97 Å². The Bertz CT molecular complexity index is 121. The van der Waals surface area contributed by atoms with Crippen LogP contribution in [0.25, 0.3) is 0 Å². The lowest BCUT2D eigenvalue weighted by molar-refractivity contribution is -0.166. The second kappa shape index (κ2) is 3.50. The van der Waals surface area contributed by atoms with Crippen LogP contribution in [0.4, 0.5) is 0 Å². The standard InChI is InChI=1S/C5H9NO4/c6-1-4(7)10-5-2-8-3-9-5/h5H,1-3,6H2. The van der Waals surface area contributed by atoms with Crippen molar-refractivity contribution < 1.29 is 19.0 Å². The SMILES string of the molecule is NCC(=O)OC1COCO1. The van der Waals surface area contributed by atoms with Crippen LogP contribution in [-0.4, -0.2) is 32.2 Å². The van der Waals surface area contributed by atoms with Gasteiger partial charge in [0.1, 0.15) is 6.61 Å². The van der Waals surface area contributed by atoms with Crippen molar-refractivity contribution in [3.05, 3.63) is 0 Å². The van der Waals surface area contributed by atoms with Crippen molar-refractivity contribution in [2.75, 3.05) is 19.9 Å². The number of nitrogens with two attached hydrogens (primary N) is 1. The van der Waals surface area contributed by atoms with Gasteiger partial charge in [0.15, 0.2) is 6.79 Å². The Morgan fingerprint density at radius 3 is 3.10 bits per heavy atom. The monoisotopic (exact) mass is 147 g/mol. The fraction of sp³-hybridized carbons (Fsp3) is 0.800. The van der Waals surface area contributed by atoms with Gasteiger partial charge < -0.3 is 19.9 Å². The van der Waals surface area contributed by atoms with Crippen LogP contribution in [0, 0.1) is 0 Å². The number of ether oxygens (including phenoxy) is 3. The van der Waals surface area contributed by atoms with Gasteiger partial charge in [-0.05, 0) is 0 Å². The molecule has 0 amide bonds. The number of hydrogen-bond donors (Lipinski definition) is 1. The Kier molecular flexibility index (Phi) is 2.61. The lowest BCUT2D eigenvalue weighted by Gasteiger charge is -2.06. The summed E-state index contributed by atoms with van der Waals surface area (Å²) in [7, 11) is 0. The molecule has 0 radical (unpaired) electrons. The normalized spacial score (nSPS) is 24.7. The fourth-order valence-corrected chi connectivity index (χ4v) is 0.579. The minimum absolute atomic E-state index is 0.125. The lowest BCUT2D eigenvalue weighted by atomic mass is 10.6. The minimum atomic E-state index is -0.559. The molecule has 0 aliphatic carbocycles. The Morgan fingerprint density at radius 2 is 2.60 bits per heavy atom. The third-order valence-corrected chi connectivity index (χ3v) is 1.02. The molecule has 1 unspecified atom stereocenters. The van der Waals surface area contributed by atoms with E-state index in [1.165, 1.54) is 0 Å². The molecule has 1 aliphatic heterocycles. The van der Waals surface area contributed by atoms with Gasteiger partial charge in [-0.25, -0.2) is 0 Å². The molecule has 5 heteroatoms. The summed E-state index contributed by atoms with van der Waals surface area (Å²) in [6.07, 6.45) is -0.559. The van der Waals surface area contributed by atoms with Crippen LogP contribution < -0.4 is 5.73 Å². The Balaban J connectivity index is 2.17. The van der Waals surface area contributed by atoms with Crippen LogP contribution in [-0.2, 0) is 19.0 Å². The van der Waals surface area contributed by atoms with E-state index < -0.39 is 12.3 Å². The van der Waals surface area contributed by atoms with E-state index in [4.69, 9.17) is 15.2 Å². The molecule has 0 aromatic rings. The van der Waals surface area contributed by atoms with E-state index in [1.807, 2.05) is 0 Å². The predicted molar refractivity (Wildman–Crippen MR) is 30.8 cm³/mol. The van der Waals surface area contributed by atoms with Gasteiger partial charge in [-0.15, -0.1) is 0 Å². The van der Waals surface area contributed by atoms with Crippen molar-refractivity contribution in [3.8, 4) is 0 Å². The van der Waals surface area contributed by atoms with Gasteiger partial charge in [0, 0.05) is 0 Å². The van der Waals surface area contributed by atoms with E-state index >= 15 is 0 Å². The molecule has 1 rings (SSSR count). The highest BCUT2D eigenvalue weighted by Crippen LogP contribution is 2.03. The molecule has 1 fully saturated rings. The molecule has 5 nitrogen and oxygen atoms in total. The van der Waals surface area contributed by atoms with Crippen molar-refractivity contribution in [3.63, 3.8) is 0 Å². The van der Waals surface area contributed by atoms with Crippen LogP contribution >= 0.6 is 0 Å². The van der Waals surface area contributed by atoms with Crippen molar-refractivity contribution >= 4 is 5.97 Å². The largest absolute Gasteiger partial charge is 0.432 e. The van der Waals surface area contributed by atoms with Crippen LogP contribution in [0.3, 0.4) is 0 Å². The van der Waals surface area contributed by atoms with Gasteiger partial charge in [0.05, 0.1) is 6.54 Å². The maximum Gasteiger partial charge on any atom is 0.322 e. The van der Waals surface area contributed by atoms with Crippen LogP contribution in [0.2, 0.25) is 0 Å². The van der Waals surface area contributed by atoms with Gasteiger partial charge in [-0.2, -0.15) is 0 Å².